The summed E-state index contributed by atoms with van der Waals surface area (Å²) in [6.45, 7) is 1.44. The number of nitrogens with one attached hydrogen (secondary N) is 1. The zero-order valence-corrected chi connectivity index (χ0v) is 19.5. The Bertz CT molecular complexity index is 1220. The van der Waals surface area contributed by atoms with Crippen LogP contribution in [-0.2, 0) is 14.3 Å². The first-order valence-electron chi connectivity index (χ1n) is 11.1. The van der Waals surface area contributed by atoms with Gasteiger partial charge in [0, 0.05) is 41.0 Å². The maximum absolute atomic E-state index is 14.7. The van der Waals surface area contributed by atoms with Crippen LogP contribution in [0.4, 0.5) is 13.2 Å². The smallest absolute Gasteiger partial charge is 0.338 e. The lowest BCUT2D eigenvalue weighted by molar-refractivity contribution is -0.136. The summed E-state index contributed by atoms with van der Waals surface area (Å²) in [6.07, 6.45) is 2.78. The second-order valence-corrected chi connectivity index (χ2v) is 9.04. The van der Waals surface area contributed by atoms with E-state index in [0.29, 0.717) is 37.1 Å². The number of methoxy groups -OCH3 is 1. The van der Waals surface area contributed by atoms with Crippen LogP contribution in [-0.4, -0.2) is 60.6 Å². The van der Waals surface area contributed by atoms with Gasteiger partial charge in [-0.05, 0) is 25.0 Å². The molecule has 3 aliphatic heterocycles. The number of benzene rings is 1. The molecule has 2 bridgehead atoms. The van der Waals surface area contributed by atoms with Crippen LogP contribution in [0.3, 0.4) is 0 Å². The van der Waals surface area contributed by atoms with E-state index in [1.54, 1.807) is 0 Å². The highest BCUT2D eigenvalue weighted by atomic mass is 35.5. The molecule has 3 atom stereocenters. The molecule has 0 amide bonds. The van der Waals surface area contributed by atoms with Gasteiger partial charge < -0.3 is 14.8 Å². The summed E-state index contributed by atoms with van der Waals surface area (Å²) in [5, 5.41) is 3.09. The van der Waals surface area contributed by atoms with Gasteiger partial charge in [0.25, 0.3) is 0 Å². The molecule has 0 spiro atoms. The van der Waals surface area contributed by atoms with Gasteiger partial charge in [-0.25, -0.2) is 22.9 Å². The Morgan fingerprint density at radius 3 is 2.60 bits per heavy atom. The average molecular weight is 507 g/mol. The second kappa shape index (κ2) is 9.60. The lowest BCUT2D eigenvalue weighted by Gasteiger charge is -2.37. The van der Waals surface area contributed by atoms with Gasteiger partial charge in [-0.3, -0.25) is 9.89 Å². The molecule has 0 radical (unpaired) electrons. The Balaban J connectivity index is 1.64. The van der Waals surface area contributed by atoms with Gasteiger partial charge in [0.1, 0.15) is 23.4 Å². The minimum atomic E-state index is -1.04. The number of hydrogen-bond acceptors (Lipinski definition) is 7. The van der Waals surface area contributed by atoms with Crippen LogP contribution in [0, 0.1) is 17.5 Å². The van der Waals surface area contributed by atoms with Crippen LogP contribution in [0.1, 0.15) is 30.1 Å². The lowest BCUT2D eigenvalue weighted by atomic mass is 9.94. The predicted octanol–water partition coefficient (Wildman–Crippen LogP) is 3.53. The van der Waals surface area contributed by atoms with Crippen molar-refractivity contribution < 1.29 is 27.4 Å². The molecule has 1 aromatic heterocycles. The largest absolute Gasteiger partial charge is 0.466 e. The fourth-order valence-electron chi connectivity index (χ4n) is 4.88. The maximum atomic E-state index is 14.7. The fourth-order valence-corrected chi connectivity index (χ4v) is 5.15. The summed E-state index contributed by atoms with van der Waals surface area (Å²) in [5.74, 6) is -2.98. The lowest BCUT2D eigenvalue weighted by Crippen LogP contribution is -2.49. The van der Waals surface area contributed by atoms with Gasteiger partial charge in [0.05, 0.1) is 32.1 Å². The number of nitrogens with zero attached hydrogens (tertiary/aromatic N) is 3. The summed E-state index contributed by atoms with van der Waals surface area (Å²) in [5.41, 5.74) is 0.702. The molecular formula is C24H22ClF3N4O3. The zero-order valence-electron chi connectivity index (χ0n) is 18.7. The number of amidine groups is 1. The van der Waals surface area contributed by atoms with Crippen LogP contribution >= 0.6 is 11.6 Å². The molecule has 1 N–H and O–H groups in total. The summed E-state index contributed by atoms with van der Waals surface area (Å²) >= 11 is 6.35. The van der Waals surface area contributed by atoms with E-state index in [4.69, 9.17) is 21.1 Å². The van der Waals surface area contributed by atoms with Gasteiger partial charge >= 0.3 is 5.97 Å². The first-order valence-corrected chi connectivity index (χ1v) is 11.5. The van der Waals surface area contributed by atoms with Gasteiger partial charge in [-0.1, -0.05) is 17.7 Å². The summed E-state index contributed by atoms with van der Waals surface area (Å²) in [7, 11) is 1.25. The number of esters is 1. The summed E-state index contributed by atoms with van der Waals surface area (Å²) in [4.78, 5) is 23.7. The van der Waals surface area contributed by atoms with Crippen LogP contribution in [0.5, 0.6) is 0 Å². The molecule has 184 valence electrons. The predicted molar refractivity (Wildman–Crippen MR) is 121 cm³/mol. The Hall–Kier alpha value is -2.95. The normalized spacial score (nSPS) is 24.3. The van der Waals surface area contributed by atoms with E-state index < -0.39 is 29.5 Å². The zero-order chi connectivity index (χ0) is 24.7. The van der Waals surface area contributed by atoms with Crippen molar-refractivity contribution in [3.63, 3.8) is 0 Å². The van der Waals surface area contributed by atoms with Crippen molar-refractivity contribution >= 4 is 23.4 Å². The monoisotopic (exact) mass is 506 g/mol. The van der Waals surface area contributed by atoms with Crippen LogP contribution in [0.25, 0.3) is 0 Å². The number of pyridine rings is 1. The first kappa shape index (κ1) is 23.8. The number of hydrogen-bond donors (Lipinski definition) is 1. The van der Waals surface area contributed by atoms with E-state index in [1.165, 1.54) is 19.2 Å². The van der Waals surface area contributed by atoms with Gasteiger partial charge in [-0.15, -0.1) is 0 Å². The van der Waals surface area contributed by atoms with E-state index in [1.807, 2.05) is 0 Å². The molecule has 2 fully saturated rings. The van der Waals surface area contributed by atoms with E-state index in [0.717, 1.165) is 25.1 Å². The molecule has 0 aliphatic carbocycles. The SMILES string of the molecule is COC(=O)C1=C(CN2[C@@H]3CC[C@@H]2COC3)NC(c2ncc(F)cc2F)=N[C@H]1c1ccc(F)cc1Cl. The molecule has 2 saturated heterocycles. The molecule has 0 unspecified atom stereocenters. The molecule has 1 aromatic carbocycles. The number of aromatic nitrogens is 1. The average Bonchev–Trinajstić information content (AvgIpc) is 3.03. The topological polar surface area (TPSA) is 76.0 Å². The number of carbonyl (C=O) groups excluding carboxylic acids is 1. The van der Waals surface area contributed by atoms with Crippen molar-refractivity contribution in [3.05, 3.63) is 75.5 Å². The number of carbonyl (C=O) groups is 1. The Morgan fingerprint density at radius 1 is 1.20 bits per heavy atom. The standard InChI is InChI=1S/C24H22ClF3N4O3/c1-34-24(33)20-19(9-32-14-3-4-15(32)11-35-10-14)30-23(22-18(28)7-13(27)8-29-22)31-21(20)16-5-2-12(26)6-17(16)25/h2,5-8,14-15,21H,3-4,9-11H2,1H3,(H,30,31)/t14-,15-,21+/m1/s1. The van der Waals surface area contributed by atoms with E-state index in [-0.39, 0.29) is 34.2 Å². The Labute approximate surface area is 204 Å². The molecule has 5 rings (SSSR count). The molecule has 7 nitrogen and oxygen atoms in total. The highest BCUT2D eigenvalue weighted by Gasteiger charge is 2.41. The highest BCUT2D eigenvalue weighted by molar-refractivity contribution is 6.31. The number of aliphatic imine (C=N–C) groups is 1. The van der Waals surface area contributed by atoms with E-state index in [2.05, 4.69) is 20.2 Å². The third kappa shape index (κ3) is 4.53. The maximum Gasteiger partial charge on any atom is 0.338 e. The minimum absolute atomic E-state index is 0.00356. The quantitative estimate of drug-likeness (QED) is 0.625. The highest BCUT2D eigenvalue weighted by Crippen LogP contribution is 2.38. The second-order valence-electron chi connectivity index (χ2n) is 8.63. The van der Waals surface area contributed by atoms with Crippen LogP contribution < -0.4 is 5.32 Å². The molecule has 35 heavy (non-hydrogen) atoms. The Morgan fingerprint density at radius 2 is 1.94 bits per heavy atom. The molecular weight excluding hydrogens is 485 g/mol. The summed E-state index contributed by atoms with van der Waals surface area (Å²) in [6, 6.07) is 3.73. The van der Waals surface area contributed by atoms with Gasteiger partial charge in [-0.2, -0.15) is 0 Å². The first-order chi connectivity index (χ1) is 16.9. The number of fused-ring (bicyclic) bond motifs is 2. The van der Waals surface area contributed by atoms with Crippen molar-refractivity contribution in [1.82, 2.24) is 15.2 Å². The number of rotatable bonds is 5. The molecule has 3 aliphatic rings. The van der Waals surface area contributed by atoms with E-state index in [9.17, 15) is 18.0 Å². The summed E-state index contributed by atoms with van der Waals surface area (Å²) < 4.78 is 52.8. The Kier molecular flexibility index (Phi) is 6.52. The van der Waals surface area contributed by atoms with Crippen molar-refractivity contribution in [3.8, 4) is 0 Å². The third-order valence-corrected chi connectivity index (χ3v) is 6.88. The van der Waals surface area contributed by atoms with Crippen molar-refractivity contribution in [2.75, 3.05) is 26.9 Å². The number of morpholine rings is 1. The van der Waals surface area contributed by atoms with Crippen molar-refractivity contribution in [2.45, 2.75) is 31.0 Å². The number of halogens is 4. The third-order valence-electron chi connectivity index (χ3n) is 6.55. The van der Waals surface area contributed by atoms with Crippen molar-refractivity contribution in [2.24, 2.45) is 4.99 Å². The van der Waals surface area contributed by atoms with Crippen LogP contribution in [0.15, 0.2) is 46.7 Å². The fraction of sp³-hybridized carbons (Fsp3) is 0.375. The molecule has 4 heterocycles. The molecule has 2 aromatic rings. The molecule has 11 heteroatoms. The van der Waals surface area contributed by atoms with Crippen molar-refractivity contribution in [1.29, 1.82) is 0 Å². The van der Waals surface area contributed by atoms with Gasteiger partial charge in [0.15, 0.2) is 11.7 Å². The van der Waals surface area contributed by atoms with Gasteiger partial charge in [0.2, 0.25) is 0 Å². The minimum Gasteiger partial charge on any atom is -0.466 e. The van der Waals surface area contributed by atoms with E-state index >= 15 is 0 Å². The van der Waals surface area contributed by atoms with Crippen LogP contribution in [0.2, 0.25) is 5.02 Å². The number of ether oxygens (including phenoxy) is 2. The molecule has 0 saturated carbocycles.